The molecule has 1 amide bonds. The van der Waals surface area contributed by atoms with Crippen molar-refractivity contribution in [3.63, 3.8) is 0 Å². The van der Waals surface area contributed by atoms with Crippen molar-refractivity contribution < 1.29 is 14.3 Å². The second-order valence-electron chi connectivity index (χ2n) is 11.1. The number of anilines is 2. The molecule has 3 aromatic heterocycles. The van der Waals surface area contributed by atoms with Gasteiger partial charge in [-0.25, -0.2) is 14.4 Å². The van der Waals surface area contributed by atoms with E-state index >= 15 is 0 Å². The fraction of sp³-hybridized carbons (Fsp3) is 0.419. The highest BCUT2D eigenvalue weighted by molar-refractivity contribution is 7.16. The van der Waals surface area contributed by atoms with Crippen molar-refractivity contribution in [3.8, 4) is 17.3 Å². The Morgan fingerprint density at radius 3 is 2.57 bits per heavy atom. The number of nitriles is 1. The molecule has 5 heterocycles. The Bertz CT molecular complexity index is 1640. The lowest BCUT2D eigenvalue weighted by Crippen LogP contribution is -2.42. The fourth-order valence-electron chi connectivity index (χ4n) is 6.04. The molecule has 2 saturated heterocycles. The summed E-state index contributed by atoms with van der Waals surface area (Å²) in [5, 5.41) is 20.2. The molecule has 6 rings (SSSR count). The number of amides is 1. The third-order valence-corrected chi connectivity index (χ3v) is 9.43. The molecule has 0 spiro atoms. The van der Waals surface area contributed by atoms with E-state index in [1.54, 1.807) is 17.0 Å². The molecule has 2 fully saturated rings. The largest absolute Gasteiger partial charge is 0.391 e. The second kappa shape index (κ2) is 11.8. The maximum absolute atomic E-state index is 13.5. The first kappa shape index (κ1) is 28.3. The number of thiazole rings is 1. The maximum Gasteiger partial charge on any atom is 0.236 e. The number of pyridine rings is 1. The van der Waals surface area contributed by atoms with Gasteiger partial charge in [-0.3, -0.25) is 14.1 Å². The highest BCUT2D eigenvalue weighted by atomic mass is 32.1. The normalized spacial score (nSPS) is 18.1. The molecule has 9 nitrogen and oxygen atoms in total. The summed E-state index contributed by atoms with van der Waals surface area (Å²) in [5.41, 5.74) is 4.26. The van der Waals surface area contributed by atoms with Crippen LogP contribution in [0, 0.1) is 17.1 Å². The number of carbonyl (C=O) groups excluding carboxylic acids is 1. The standard InChI is InChI=1S/C31H34FN7O2S/c1-3-25-30(36(2)31-35-29(26(16-33)42-31)21-4-7-23(32)8-5-21)39-17-22(6-9-27(39)34-25)20-10-13-37(14-11-20)19-28(41)38-15-12-24(40)18-38/h4-9,17,20,24,40H,3,10-15,18-19H2,1-2H3. The first-order chi connectivity index (χ1) is 20.3. The summed E-state index contributed by atoms with van der Waals surface area (Å²) < 4.78 is 15.6. The number of aliphatic hydroxyl groups is 1. The zero-order valence-corrected chi connectivity index (χ0v) is 24.6. The third-order valence-electron chi connectivity index (χ3n) is 8.39. The molecular formula is C31H34FN7O2S. The second-order valence-corrected chi connectivity index (χ2v) is 12.1. The van der Waals surface area contributed by atoms with Crippen LogP contribution in [0.4, 0.5) is 15.3 Å². The van der Waals surface area contributed by atoms with Crippen molar-refractivity contribution in [2.75, 3.05) is 44.7 Å². The van der Waals surface area contributed by atoms with E-state index in [4.69, 9.17) is 9.97 Å². The number of carbonyl (C=O) groups is 1. The number of nitrogens with zero attached hydrogens (tertiary/aromatic N) is 7. The van der Waals surface area contributed by atoms with Gasteiger partial charge in [0.25, 0.3) is 0 Å². The highest BCUT2D eigenvalue weighted by Gasteiger charge is 2.28. The number of aryl methyl sites for hydroxylation is 1. The van der Waals surface area contributed by atoms with Gasteiger partial charge >= 0.3 is 0 Å². The Kier molecular flexibility index (Phi) is 7.94. The summed E-state index contributed by atoms with van der Waals surface area (Å²) in [6, 6.07) is 12.5. The molecular weight excluding hydrogens is 553 g/mol. The Morgan fingerprint density at radius 2 is 1.90 bits per heavy atom. The summed E-state index contributed by atoms with van der Waals surface area (Å²) in [4.78, 5) is 28.8. The van der Waals surface area contributed by atoms with Crippen LogP contribution in [0.15, 0.2) is 42.6 Å². The van der Waals surface area contributed by atoms with Gasteiger partial charge in [0.05, 0.1) is 18.3 Å². The number of β-amino-alcohol motifs (C(OH)–C–C–N with tert-alkyl or cyclic N) is 1. The van der Waals surface area contributed by atoms with Gasteiger partial charge in [0.2, 0.25) is 5.91 Å². The minimum absolute atomic E-state index is 0.105. The number of benzene rings is 1. The molecule has 218 valence electrons. The quantitative estimate of drug-likeness (QED) is 0.338. The minimum atomic E-state index is -0.393. The summed E-state index contributed by atoms with van der Waals surface area (Å²) >= 11 is 1.31. The molecule has 11 heteroatoms. The number of imidazole rings is 1. The van der Waals surface area contributed by atoms with Crippen LogP contribution < -0.4 is 4.90 Å². The lowest BCUT2D eigenvalue weighted by molar-refractivity contribution is -0.132. The lowest BCUT2D eigenvalue weighted by Gasteiger charge is -2.32. The monoisotopic (exact) mass is 587 g/mol. The minimum Gasteiger partial charge on any atom is -0.391 e. The molecule has 1 unspecified atom stereocenters. The number of hydrogen-bond acceptors (Lipinski definition) is 8. The number of aromatic nitrogens is 3. The highest BCUT2D eigenvalue weighted by Crippen LogP contribution is 2.37. The number of fused-ring (bicyclic) bond motifs is 1. The Morgan fingerprint density at radius 1 is 1.14 bits per heavy atom. The van der Waals surface area contributed by atoms with Gasteiger partial charge < -0.3 is 14.9 Å². The molecule has 4 aromatic rings. The smallest absolute Gasteiger partial charge is 0.236 e. The molecule has 0 saturated carbocycles. The molecule has 1 N–H and O–H groups in total. The van der Waals surface area contributed by atoms with Crippen LogP contribution in [-0.4, -0.2) is 81.1 Å². The van der Waals surface area contributed by atoms with Gasteiger partial charge in [0.1, 0.15) is 33.9 Å². The Hall–Kier alpha value is -3.85. The zero-order valence-electron chi connectivity index (χ0n) is 23.8. The van der Waals surface area contributed by atoms with Gasteiger partial charge in [-0.15, -0.1) is 0 Å². The van der Waals surface area contributed by atoms with Crippen LogP contribution in [0.3, 0.4) is 0 Å². The maximum atomic E-state index is 13.5. The van der Waals surface area contributed by atoms with E-state index in [1.165, 1.54) is 29.0 Å². The first-order valence-corrected chi connectivity index (χ1v) is 15.3. The predicted octanol–water partition coefficient (Wildman–Crippen LogP) is 4.57. The molecule has 1 atom stereocenters. The van der Waals surface area contributed by atoms with E-state index in [2.05, 4.69) is 40.6 Å². The average molecular weight is 588 g/mol. The number of rotatable bonds is 7. The van der Waals surface area contributed by atoms with E-state index in [-0.39, 0.29) is 11.7 Å². The summed E-state index contributed by atoms with van der Waals surface area (Å²) in [6.07, 6.45) is 5.10. The van der Waals surface area contributed by atoms with Crippen LogP contribution in [0.5, 0.6) is 0 Å². The average Bonchev–Trinajstić information content (AvgIpc) is 3.73. The molecule has 0 bridgehead atoms. The van der Waals surface area contributed by atoms with Crippen LogP contribution in [0.2, 0.25) is 0 Å². The third kappa shape index (κ3) is 5.50. The molecule has 2 aliphatic rings. The topological polar surface area (TPSA) is 101 Å². The number of halogens is 1. The van der Waals surface area contributed by atoms with Crippen molar-refractivity contribution in [2.24, 2.45) is 0 Å². The molecule has 2 aliphatic heterocycles. The van der Waals surface area contributed by atoms with E-state index in [9.17, 15) is 19.6 Å². The lowest BCUT2D eigenvalue weighted by atomic mass is 9.90. The van der Waals surface area contributed by atoms with E-state index in [0.717, 1.165) is 49.5 Å². The molecule has 42 heavy (non-hydrogen) atoms. The molecule has 0 radical (unpaired) electrons. The van der Waals surface area contributed by atoms with Crippen LogP contribution >= 0.6 is 11.3 Å². The zero-order chi connectivity index (χ0) is 29.4. The summed E-state index contributed by atoms with van der Waals surface area (Å²) in [5.74, 6) is 1.05. The number of piperidine rings is 1. The van der Waals surface area contributed by atoms with Gasteiger partial charge in [-0.2, -0.15) is 5.26 Å². The van der Waals surface area contributed by atoms with E-state index in [0.29, 0.717) is 53.2 Å². The Labute approximate surface area is 248 Å². The number of likely N-dealkylation sites (tertiary alicyclic amines) is 2. The van der Waals surface area contributed by atoms with Crippen molar-refractivity contribution in [3.05, 3.63) is 64.5 Å². The summed E-state index contributed by atoms with van der Waals surface area (Å²) in [7, 11) is 1.94. The Balaban J connectivity index is 1.22. The molecule has 1 aromatic carbocycles. The number of hydrogen-bond donors (Lipinski definition) is 1. The fourth-order valence-corrected chi connectivity index (χ4v) is 6.89. The van der Waals surface area contributed by atoms with Gasteiger partial charge in [-0.1, -0.05) is 24.3 Å². The van der Waals surface area contributed by atoms with Crippen LogP contribution in [0.25, 0.3) is 16.9 Å². The van der Waals surface area contributed by atoms with E-state index < -0.39 is 6.10 Å². The van der Waals surface area contributed by atoms with Crippen LogP contribution in [-0.2, 0) is 11.2 Å². The van der Waals surface area contributed by atoms with Crippen molar-refractivity contribution in [2.45, 2.75) is 44.6 Å². The van der Waals surface area contributed by atoms with Crippen molar-refractivity contribution >= 4 is 33.8 Å². The SMILES string of the molecule is CCc1nc2ccc(C3CCN(CC(=O)N4CCC(O)C4)CC3)cn2c1N(C)c1nc(-c2ccc(F)cc2)c(C#N)s1. The predicted molar refractivity (Wildman–Crippen MR) is 160 cm³/mol. The van der Waals surface area contributed by atoms with Gasteiger partial charge in [0.15, 0.2) is 5.13 Å². The van der Waals surface area contributed by atoms with Crippen molar-refractivity contribution in [1.29, 1.82) is 5.26 Å². The van der Waals surface area contributed by atoms with Crippen molar-refractivity contribution in [1.82, 2.24) is 24.2 Å². The number of aliphatic hydroxyl groups excluding tert-OH is 1. The van der Waals surface area contributed by atoms with Gasteiger partial charge in [0, 0.05) is 31.9 Å². The van der Waals surface area contributed by atoms with Crippen LogP contribution in [0.1, 0.15) is 48.2 Å². The van der Waals surface area contributed by atoms with Gasteiger partial charge in [-0.05, 0) is 80.6 Å². The van der Waals surface area contributed by atoms with E-state index in [1.807, 2.05) is 11.9 Å². The molecule has 0 aliphatic carbocycles. The summed E-state index contributed by atoms with van der Waals surface area (Å²) in [6.45, 7) is 5.28. The first-order valence-electron chi connectivity index (χ1n) is 14.4.